The van der Waals surface area contributed by atoms with E-state index in [0.29, 0.717) is 27.8 Å². The van der Waals surface area contributed by atoms with Crippen molar-refractivity contribution >= 4 is 27.0 Å². The Morgan fingerprint density at radius 1 is 1.17 bits per heavy atom. The van der Waals surface area contributed by atoms with Gasteiger partial charge in [-0.05, 0) is 49.4 Å². The molecule has 0 fully saturated rings. The number of thiophene rings is 1. The molecule has 0 aliphatic carbocycles. The molecule has 0 saturated carbocycles. The van der Waals surface area contributed by atoms with Gasteiger partial charge in [-0.25, -0.2) is 8.42 Å². The van der Waals surface area contributed by atoms with Crippen LogP contribution >= 0.6 is 11.3 Å². The molecule has 120 valence electrons. The van der Waals surface area contributed by atoms with Gasteiger partial charge >= 0.3 is 0 Å². The Balaban J connectivity index is 1.99. The highest BCUT2D eigenvalue weighted by Crippen LogP contribution is 2.34. The largest absolute Gasteiger partial charge is 0.333 e. The second-order valence-electron chi connectivity index (χ2n) is 5.18. The number of benzene rings is 1. The third kappa shape index (κ3) is 3.13. The SMILES string of the molecule is Cc1ccc(C)c(S(=O)(=O)Nc2ccsc2-c2nc(C)no2)c1. The van der Waals surface area contributed by atoms with E-state index < -0.39 is 10.0 Å². The lowest BCUT2D eigenvalue weighted by Crippen LogP contribution is -2.14. The normalized spacial score (nSPS) is 11.6. The molecule has 0 aliphatic rings. The van der Waals surface area contributed by atoms with Crippen molar-refractivity contribution in [3.8, 4) is 10.8 Å². The maximum Gasteiger partial charge on any atom is 0.270 e. The van der Waals surface area contributed by atoms with E-state index in [1.54, 1.807) is 37.4 Å². The first-order valence-corrected chi connectivity index (χ1v) is 9.21. The van der Waals surface area contributed by atoms with E-state index in [1.807, 2.05) is 13.0 Å². The molecule has 1 N–H and O–H groups in total. The van der Waals surface area contributed by atoms with Crippen molar-refractivity contribution in [1.82, 2.24) is 10.1 Å². The van der Waals surface area contributed by atoms with Gasteiger partial charge < -0.3 is 4.52 Å². The lowest BCUT2D eigenvalue weighted by atomic mass is 10.2. The first-order chi connectivity index (χ1) is 10.9. The number of nitrogens with one attached hydrogen (secondary N) is 1. The van der Waals surface area contributed by atoms with Gasteiger partial charge in [-0.1, -0.05) is 17.3 Å². The van der Waals surface area contributed by atoms with Crippen LogP contribution < -0.4 is 4.72 Å². The number of aryl methyl sites for hydroxylation is 3. The zero-order chi connectivity index (χ0) is 16.6. The van der Waals surface area contributed by atoms with Crippen molar-refractivity contribution in [1.29, 1.82) is 0 Å². The predicted octanol–water partition coefficient (Wildman–Crippen LogP) is 3.52. The Morgan fingerprint density at radius 2 is 1.96 bits per heavy atom. The van der Waals surface area contributed by atoms with Crippen LogP contribution in [0.4, 0.5) is 5.69 Å². The maximum absolute atomic E-state index is 12.7. The molecule has 3 aromatic rings. The standard InChI is InChI=1S/C15H15N3O3S2/c1-9-4-5-10(2)13(8-9)23(19,20)18-12-6-7-22-14(12)15-16-11(3)17-21-15/h4-8,18H,1-3H3. The summed E-state index contributed by atoms with van der Waals surface area (Å²) < 4.78 is 33.1. The molecule has 0 bridgehead atoms. The maximum atomic E-state index is 12.7. The Labute approximate surface area is 138 Å². The Morgan fingerprint density at radius 3 is 2.65 bits per heavy atom. The molecule has 0 saturated heterocycles. The summed E-state index contributed by atoms with van der Waals surface area (Å²) in [5.74, 6) is 0.799. The Hall–Kier alpha value is -2.19. The second-order valence-corrected chi connectivity index (χ2v) is 7.75. The molecular weight excluding hydrogens is 334 g/mol. The summed E-state index contributed by atoms with van der Waals surface area (Å²) in [6.07, 6.45) is 0. The minimum Gasteiger partial charge on any atom is -0.333 e. The average Bonchev–Trinajstić information content (AvgIpc) is 3.09. The average molecular weight is 349 g/mol. The van der Waals surface area contributed by atoms with Gasteiger partial charge in [0.05, 0.1) is 10.6 Å². The monoisotopic (exact) mass is 349 g/mol. The fourth-order valence-electron chi connectivity index (χ4n) is 2.14. The predicted molar refractivity (Wildman–Crippen MR) is 89.1 cm³/mol. The van der Waals surface area contributed by atoms with Gasteiger partial charge in [-0.2, -0.15) is 4.98 Å². The summed E-state index contributed by atoms with van der Waals surface area (Å²) in [6.45, 7) is 5.33. The zero-order valence-corrected chi connectivity index (χ0v) is 14.5. The van der Waals surface area contributed by atoms with Gasteiger partial charge in [0.25, 0.3) is 15.9 Å². The van der Waals surface area contributed by atoms with Gasteiger partial charge in [0, 0.05) is 0 Å². The van der Waals surface area contributed by atoms with Crippen LogP contribution in [-0.2, 0) is 10.0 Å². The molecule has 6 nitrogen and oxygen atoms in total. The van der Waals surface area contributed by atoms with Gasteiger partial charge in [-0.15, -0.1) is 11.3 Å². The number of rotatable bonds is 4. The van der Waals surface area contributed by atoms with Gasteiger partial charge in [-0.3, -0.25) is 4.72 Å². The fraction of sp³-hybridized carbons (Fsp3) is 0.200. The van der Waals surface area contributed by atoms with Crippen molar-refractivity contribution in [2.75, 3.05) is 4.72 Å². The lowest BCUT2D eigenvalue weighted by Gasteiger charge is -2.10. The van der Waals surface area contributed by atoms with Crippen LogP contribution in [0.15, 0.2) is 39.1 Å². The minimum absolute atomic E-state index is 0.261. The molecule has 0 spiro atoms. The van der Waals surface area contributed by atoms with E-state index >= 15 is 0 Å². The van der Waals surface area contributed by atoms with Crippen molar-refractivity contribution in [2.45, 2.75) is 25.7 Å². The summed E-state index contributed by atoms with van der Waals surface area (Å²) in [7, 11) is -3.69. The van der Waals surface area contributed by atoms with E-state index in [0.717, 1.165) is 5.56 Å². The fourth-order valence-corrected chi connectivity index (χ4v) is 4.38. The molecule has 23 heavy (non-hydrogen) atoms. The quantitative estimate of drug-likeness (QED) is 0.779. The number of hydrogen-bond donors (Lipinski definition) is 1. The van der Waals surface area contributed by atoms with Crippen LogP contribution in [0.2, 0.25) is 0 Å². The van der Waals surface area contributed by atoms with E-state index in [9.17, 15) is 8.42 Å². The Kier molecular flexibility index (Phi) is 3.95. The molecule has 0 amide bonds. The first-order valence-electron chi connectivity index (χ1n) is 6.85. The van der Waals surface area contributed by atoms with Crippen LogP contribution in [0.5, 0.6) is 0 Å². The molecular formula is C15H15N3O3S2. The van der Waals surface area contributed by atoms with Crippen molar-refractivity contribution in [2.24, 2.45) is 0 Å². The molecule has 0 unspecified atom stereocenters. The molecule has 8 heteroatoms. The number of sulfonamides is 1. The zero-order valence-electron chi connectivity index (χ0n) is 12.8. The number of anilines is 1. The Bertz CT molecular complexity index is 958. The summed E-state index contributed by atoms with van der Waals surface area (Å²) in [5, 5.41) is 5.51. The minimum atomic E-state index is -3.69. The van der Waals surface area contributed by atoms with E-state index in [4.69, 9.17) is 4.52 Å². The summed E-state index contributed by atoms with van der Waals surface area (Å²) in [4.78, 5) is 5.00. The lowest BCUT2D eigenvalue weighted by molar-refractivity contribution is 0.426. The van der Waals surface area contributed by atoms with Crippen molar-refractivity contribution < 1.29 is 12.9 Å². The molecule has 3 rings (SSSR count). The number of aromatic nitrogens is 2. The molecule has 1 aromatic carbocycles. The third-order valence-corrected chi connectivity index (χ3v) is 5.67. The van der Waals surface area contributed by atoms with Crippen LogP contribution in [-0.4, -0.2) is 18.6 Å². The third-order valence-electron chi connectivity index (χ3n) is 3.26. The molecule has 0 atom stereocenters. The van der Waals surface area contributed by atoms with Crippen LogP contribution in [0.1, 0.15) is 17.0 Å². The highest BCUT2D eigenvalue weighted by atomic mass is 32.2. The summed E-state index contributed by atoms with van der Waals surface area (Å²) in [6, 6.07) is 7.01. The number of nitrogens with zero attached hydrogens (tertiary/aromatic N) is 2. The van der Waals surface area contributed by atoms with Crippen LogP contribution in [0.3, 0.4) is 0 Å². The van der Waals surface area contributed by atoms with Crippen molar-refractivity contribution in [3.63, 3.8) is 0 Å². The second kappa shape index (κ2) is 5.78. The van der Waals surface area contributed by atoms with Crippen LogP contribution in [0, 0.1) is 20.8 Å². The highest BCUT2D eigenvalue weighted by Gasteiger charge is 2.21. The smallest absolute Gasteiger partial charge is 0.270 e. The molecule has 0 radical (unpaired) electrons. The van der Waals surface area contributed by atoms with E-state index in [2.05, 4.69) is 14.9 Å². The topological polar surface area (TPSA) is 85.1 Å². The highest BCUT2D eigenvalue weighted by molar-refractivity contribution is 7.92. The molecule has 2 aromatic heterocycles. The van der Waals surface area contributed by atoms with Crippen LogP contribution in [0.25, 0.3) is 10.8 Å². The van der Waals surface area contributed by atoms with Crippen molar-refractivity contribution in [3.05, 3.63) is 46.6 Å². The first kappa shape index (κ1) is 15.7. The van der Waals surface area contributed by atoms with Gasteiger partial charge in [0.2, 0.25) is 0 Å². The van der Waals surface area contributed by atoms with E-state index in [1.165, 1.54) is 11.3 Å². The summed E-state index contributed by atoms with van der Waals surface area (Å²) in [5.41, 5.74) is 2.00. The van der Waals surface area contributed by atoms with E-state index in [-0.39, 0.29) is 4.90 Å². The molecule has 0 aliphatic heterocycles. The summed E-state index contributed by atoms with van der Waals surface area (Å²) >= 11 is 1.34. The molecule has 2 heterocycles. The van der Waals surface area contributed by atoms with Gasteiger partial charge in [0.15, 0.2) is 5.82 Å². The van der Waals surface area contributed by atoms with Gasteiger partial charge in [0.1, 0.15) is 4.88 Å². The number of hydrogen-bond acceptors (Lipinski definition) is 6.